The van der Waals surface area contributed by atoms with Crippen molar-refractivity contribution in [3.8, 4) is 16.6 Å². The molecule has 0 saturated carbocycles. The average molecular weight is 214 g/mol. The molecule has 0 bridgehead atoms. The van der Waals surface area contributed by atoms with E-state index in [1.807, 2.05) is 0 Å². The lowest BCUT2D eigenvalue weighted by atomic mass is 10.2. The first-order valence-corrected chi connectivity index (χ1v) is 5.50. The molecule has 0 fully saturated rings. The molecule has 0 aliphatic rings. The number of aryl methyl sites for hydroxylation is 1. The molecule has 74 valence electrons. The van der Waals surface area contributed by atoms with Crippen LogP contribution in [-0.2, 0) is 6.42 Å². The van der Waals surface area contributed by atoms with Gasteiger partial charge in [0.1, 0.15) is 5.01 Å². The van der Waals surface area contributed by atoms with Gasteiger partial charge in [0, 0.05) is 16.6 Å². The summed E-state index contributed by atoms with van der Waals surface area (Å²) in [5.41, 5.74) is 2.36. The molecule has 1 heterocycles. The van der Waals surface area contributed by atoms with Gasteiger partial charge < -0.3 is 0 Å². The van der Waals surface area contributed by atoms with Crippen LogP contribution in [0, 0.1) is 18.3 Å². The van der Waals surface area contributed by atoms with Crippen LogP contribution in [0.4, 0.5) is 0 Å². The number of nitrogens with zero attached hydrogens (tertiary/aromatic N) is 2. The summed E-state index contributed by atoms with van der Waals surface area (Å²) in [7, 11) is 0. The van der Waals surface area contributed by atoms with Crippen LogP contribution in [0.1, 0.15) is 10.4 Å². The summed E-state index contributed by atoms with van der Waals surface area (Å²) in [4.78, 5) is 5.32. The molecule has 0 atom stereocenters. The second-order valence-corrected chi connectivity index (χ2v) is 4.45. The fourth-order valence-electron chi connectivity index (χ4n) is 1.30. The van der Waals surface area contributed by atoms with Crippen molar-refractivity contribution in [3.63, 3.8) is 0 Å². The summed E-state index contributed by atoms with van der Waals surface area (Å²) >= 11 is 1.58. The van der Waals surface area contributed by atoms with Crippen LogP contribution >= 0.6 is 11.3 Å². The highest BCUT2D eigenvalue weighted by Gasteiger charge is 2.03. The van der Waals surface area contributed by atoms with Crippen LogP contribution in [0.15, 0.2) is 30.5 Å². The molecule has 0 unspecified atom stereocenters. The number of hydrogen-bond donors (Lipinski definition) is 0. The number of rotatable bonds is 2. The van der Waals surface area contributed by atoms with Crippen LogP contribution in [0.25, 0.3) is 10.6 Å². The zero-order chi connectivity index (χ0) is 10.7. The minimum atomic E-state index is 0.448. The van der Waals surface area contributed by atoms with Crippen molar-refractivity contribution in [2.45, 2.75) is 13.3 Å². The molecule has 2 rings (SSSR count). The van der Waals surface area contributed by atoms with Gasteiger partial charge >= 0.3 is 0 Å². The number of nitriles is 1. The smallest absolute Gasteiger partial charge is 0.123 e. The molecule has 2 nitrogen and oxygen atoms in total. The third-order valence-electron chi connectivity index (χ3n) is 2.11. The molecular weight excluding hydrogens is 204 g/mol. The monoisotopic (exact) mass is 214 g/mol. The van der Waals surface area contributed by atoms with Gasteiger partial charge in [0.15, 0.2) is 0 Å². The summed E-state index contributed by atoms with van der Waals surface area (Å²) in [6, 6.07) is 10.4. The third kappa shape index (κ3) is 2.23. The maximum atomic E-state index is 8.56. The normalized spacial score (nSPS) is 9.87. The van der Waals surface area contributed by atoms with Crippen LogP contribution in [0.3, 0.4) is 0 Å². The Morgan fingerprint density at radius 2 is 2.07 bits per heavy atom. The Morgan fingerprint density at radius 3 is 2.73 bits per heavy atom. The highest BCUT2D eigenvalue weighted by atomic mass is 32.1. The van der Waals surface area contributed by atoms with Gasteiger partial charge in [-0.05, 0) is 6.92 Å². The van der Waals surface area contributed by atoms with E-state index >= 15 is 0 Å². The van der Waals surface area contributed by atoms with Gasteiger partial charge in [-0.2, -0.15) is 5.26 Å². The van der Waals surface area contributed by atoms with Gasteiger partial charge in [0.2, 0.25) is 0 Å². The fraction of sp³-hybridized carbons (Fsp3) is 0.167. The molecule has 0 aliphatic carbocycles. The van der Waals surface area contributed by atoms with E-state index in [9.17, 15) is 0 Å². The summed E-state index contributed by atoms with van der Waals surface area (Å²) in [6.07, 6.45) is 2.23. The van der Waals surface area contributed by atoms with E-state index in [4.69, 9.17) is 5.26 Å². The van der Waals surface area contributed by atoms with Crippen molar-refractivity contribution in [2.75, 3.05) is 0 Å². The molecule has 0 spiro atoms. The van der Waals surface area contributed by atoms with Crippen LogP contribution in [0.5, 0.6) is 0 Å². The average Bonchev–Trinajstić information content (AvgIpc) is 2.68. The van der Waals surface area contributed by atoms with Crippen molar-refractivity contribution in [1.29, 1.82) is 5.26 Å². The molecule has 0 amide bonds. The predicted molar refractivity (Wildman–Crippen MR) is 61.6 cm³/mol. The summed E-state index contributed by atoms with van der Waals surface area (Å²) in [5, 5.41) is 9.55. The Labute approximate surface area is 92.8 Å². The second kappa shape index (κ2) is 4.24. The standard InChI is InChI=1S/C12H10N2S/c1-9-2-4-10(5-3-9)12-14-8-11(15-12)6-7-13/h2-5,8H,6H2,1H3. The first-order chi connectivity index (χ1) is 7.29. The number of hydrogen-bond acceptors (Lipinski definition) is 3. The lowest BCUT2D eigenvalue weighted by Gasteiger charge is -1.95. The first kappa shape index (κ1) is 9.88. The molecule has 1 aromatic carbocycles. The topological polar surface area (TPSA) is 36.7 Å². The summed E-state index contributed by atoms with van der Waals surface area (Å²) in [5.74, 6) is 0. The van der Waals surface area contributed by atoms with E-state index in [1.54, 1.807) is 17.5 Å². The van der Waals surface area contributed by atoms with Crippen molar-refractivity contribution in [1.82, 2.24) is 4.98 Å². The zero-order valence-corrected chi connectivity index (χ0v) is 9.21. The highest BCUT2D eigenvalue weighted by Crippen LogP contribution is 2.25. The molecule has 0 saturated heterocycles. The number of thiazole rings is 1. The molecular formula is C12H10N2S. The number of aromatic nitrogens is 1. The van der Waals surface area contributed by atoms with Crippen molar-refractivity contribution < 1.29 is 0 Å². The van der Waals surface area contributed by atoms with Gasteiger partial charge in [-0.1, -0.05) is 29.8 Å². The van der Waals surface area contributed by atoms with E-state index in [1.165, 1.54) is 5.56 Å². The van der Waals surface area contributed by atoms with E-state index < -0.39 is 0 Å². The lowest BCUT2D eigenvalue weighted by Crippen LogP contribution is -1.75. The van der Waals surface area contributed by atoms with Crippen molar-refractivity contribution in [2.24, 2.45) is 0 Å². The van der Waals surface area contributed by atoms with E-state index in [2.05, 4.69) is 42.2 Å². The molecule has 3 heteroatoms. The maximum absolute atomic E-state index is 8.56. The highest BCUT2D eigenvalue weighted by molar-refractivity contribution is 7.15. The Kier molecular flexibility index (Phi) is 2.79. The van der Waals surface area contributed by atoms with Gasteiger partial charge in [0.05, 0.1) is 12.5 Å². The number of benzene rings is 1. The van der Waals surface area contributed by atoms with E-state index in [0.717, 1.165) is 15.4 Å². The SMILES string of the molecule is Cc1ccc(-c2ncc(CC#N)s2)cc1. The molecule has 15 heavy (non-hydrogen) atoms. The van der Waals surface area contributed by atoms with Crippen molar-refractivity contribution in [3.05, 3.63) is 40.9 Å². The van der Waals surface area contributed by atoms with E-state index in [-0.39, 0.29) is 0 Å². The molecule has 2 aromatic rings. The molecule has 0 aliphatic heterocycles. The minimum absolute atomic E-state index is 0.448. The molecule has 0 radical (unpaired) electrons. The lowest BCUT2D eigenvalue weighted by molar-refractivity contribution is 1.28. The summed E-state index contributed by atoms with van der Waals surface area (Å²) in [6.45, 7) is 2.06. The Morgan fingerprint density at radius 1 is 1.33 bits per heavy atom. The minimum Gasteiger partial charge on any atom is -0.244 e. The van der Waals surface area contributed by atoms with Gasteiger partial charge in [-0.25, -0.2) is 4.98 Å². The second-order valence-electron chi connectivity index (χ2n) is 3.33. The Hall–Kier alpha value is -1.66. The van der Waals surface area contributed by atoms with Gasteiger partial charge in [-0.15, -0.1) is 11.3 Å². The Bertz CT molecular complexity index is 491. The quantitative estimate of drug-likeness (QED) is 0.769. The van der Waals surface area contributed by atoms with Crippen LogP contribution in [-0.4, -0.2) is 4.98 Å². The molecule has 1 aromatic heterocycles. The van der Waals surface area contributed by atoms with Crippen molar-refractivity contribution >= 4 is 11.3 Å². The summed E-state index contributed by atoms with van der Waals surface area (Å²) < 4.78 is 0. The van der Waals surface area contributed by atoms with E-state index in [0.29, 0.717) is 6.42 Å². The fourth-order valence-corrected chi connectivity index (χ4v) is 2.15. The molecule has 0 N–H and O–H groups in total. The van der Waals surface area contributed by atoms with Crippen LogP contribution in [0.2, 0.25) is 0 Å². The maximum Gasteiger partial charge on any atom is 0.123 e. The predicted octanol–water partition coefficient (Wildman–Crippen LogP) is 3.18. The largest absolute Gasteiger partial charge is 0.244 e. The van der Waals surface area contributed by atoms with Gasteiger partial charge in [0.25, 0.3) is 0 Å². The van der Waals surface area contributed by atoms with Crippen LogP contribution < -0.4 is 0 Å². The van der Waals surface area contributed by atoms with Gasteiger partial charge in [-0.3, -0.25) is 0 Å². The third-order valence-corrected chi connectivity index (χ3v) is 3.15. The Balaban J connectivity index is 2.30. The zero-order valence-electron chi connectivity index (χ0n) is 8.40. The first-order valence-electron chi connectivity index (χ1n) is 4.68.